The van der Waals surface area contributed by atoms with Gasteiger partial charge in [-0.3, -0.25) is 4.98 Å². The fourth-order valence-electron chi connectivity index (χ4n) is 2.64. The van der Waals surface area contributed by atoms with Crippen molar-refractivity contribution < 1.29 is 22.6 Å². The molecule has 0 aliphatic rings. The van der Waals surface area contributed by atoms with Crippen LogP contribution in [0, 0.1) is 0 Å². The fourth-order valence-corrected chi connectivity index (χ4v) is 2.64. The van der Waals surface area contributed by atoms with E-state index in [9.17, 15) is 13.2 Å². The first-order chi connectivity index (χ1) is 12.4. The lowest BCUT2D eigenvalue weighted by Gasteiger charge is -2.14. The van der Waals surface area contributed by atoms with Gasteiger partial charge in [0, 0.05) is 11.8 Å². The normalized spacial score (nSPS) is 11.3. The van der Waals surface area contributed by atoms with Gasteiger partial charge < -0.3 is 9.47 Å². The van der Waals surface area contributed by atoms with E-state index < -0.39 is 11.9 Å². The molecule has 3 rings (SSSR count). The summed E-state index contributed by atoms with van der Waals surface area (Å²) in [5, 5.41) is 0. The Balaban J connectivity index is 2.19. The number of ether oxygens (including phenoxy) is 2. The van der Waals surface area contributed by atoms with Crippen LogP contribution < -0.4 is 9.47 Å². The molecule has 0 amide bonds. The first-order valence-electron chi connectivity index (χ1n) is 7.78. The highest BCUT2D eigenvalue weighted by atomic mass is 19.4. The maximum Gasteiger partial charge on any atom is 0.433 e. The molecule has 0 saturated carbocycles. The molecule has 0 fully saturated rings. The number of hydrogen-bond acceptors (Lipinski definition) is 3. The molecule has 0 radical (unpaired) electrons. The van der Waals surface area contributed by atoms with Crippen LogP contribution >= 0.6 is 0 Å². The van der Waals surface area contributed by atoms with E-state index in [0.29, 0.717) is 28.2 Å². The summed E-state index contributed by atoms with van der Waals surface area (Å²) in [4.78, 5) is 3.61. The van der Waals surface area contributed by atoms with Gasteiger partial charge in [-0.25, -0.2) is 0 Å². The van der Waals surface area contributed by atoms with Crippen molar-refractivity contribution in [3.63, 3.8) is 0 Å². The number of nitrogens with zero attached hydrogens (tertiary/aromatic N) is 1. The topological polar surface area (TPSA) is 31.4 Å². The smallest absolute Gasteiger partial charge is 0.433 e. The predicted molar refractivity (Wildman–Crippen MR) is 93.2 cm³/mol. The third kappa shape index (κ3) is 3.64. The van der Waals surface area contributed by atoms with Crippen molar-refractivity contribution in [1.29, 1.82) is 0 Å². The van der Waals surface area contributed by atoms with Crippen molar-refractivity contribution >= 4 is 0 Å². The number of benzene rings is 2. The summed E-state index contributed by atoms with van der Waals surface area (Å²) in [5.41, 5.74) is 1.44. The van der Waals surface area contributed by atoms with E-state index in [0.717, 1.165) is 11.6 Å². The van der Waals surface area contributed by atoms with Crippen LogP contribution in [-0.4, -0.2) is 19.2 Å². The van der Waals surface area contributed by atoms with E-state index in [2.05, 4.69) is 4.98 Å². The van der Waals surface area contributed by atoms with E-state index >= 15 is 0 Å². The number of methoxy groups -OCH3 is 2. The molecule has 1 heterocycles. The monoisotopic (exact) mass is 359 g/mol. The molecule has 0 atom stereocenters. The van der Waals surface area contributed by atoms with E-state index in [1.807, 2.05) is 0 Å². The molecule has 0 unspecified atom stereocenters. The molecular formula is C20H16F3NO2. The summed E-state index contributed by atoms with van der Waals surface area (Å²) in [6, 6.07) is 15.0. The number of rotatable bonds is 4. The molecule has 0 aliphatic heterocycles. The fraction of sp³-hybridized carbons (Fsp3) is 0.150. The number of alkyl halides is 3. The molecule has 1 aromatic heterocycles. The highest BCUT2D eigenvalue weighted by molar-refractivity contribution is 5.83. The minimum absolute atomic E-state index is 0.427. The van der Waals surface area contributed by atoms with Crippen molar-refractivity contribution in [3.8, 4) is 33.8 Å². The molecule has 0 aliphatic carbocycles. The standard InChI is InChI=1S/C20H16F3NO2/c1-25-15-8-6-13(7-9-15)18-12-24-19(20(21,22)23)11-17(18)14-4-3-5-16(10-14)26-2/h3-12H,1-2H3. The molecule has 3 aromatic rings. The molecule has 0 N–H and O–H groups in total. The maximum atomic E-state index is 13.2. The van der Waals surface area contributed by atoms with Crippen LogP contribution in [-0.2, 0) is 6.18 Å². The first-order valence-corrected chi connectivity index (χ1v) is 7.78. The largest absolute Gasteiger partial charge is 0.497 e. The van der Waals surface area contributed by atoms with Crippen molar-refractivity contribution in [2.75, 3.05) is 14.2 Å². The van der Waals surface area contributed by atoms with Gasteiger partial charge in [-0.1, -0.05) is 24.3 Å². The quantitative estimate of drug-likeness (QED) is 0.621. The van der Waals surface area contributed by atoms with Gasteiger partial charge in [-0.2, -0.15) is 13.2 Å². The zero-order valence-corrected chi connectivity index (χ0v) is 14.2. The third-order valence-electron chi connectivity index (χ3n) is 3.98. The third-order valence-corrected chi connectivity index (χ3v) is 3.98. The summed E-state index contributed by atoms with van der Waals surface area (Å²) in [6.45, 7) is 0. The minimum Gasteiger partial charge on any atom is -0.497 e. The van der Waals surface area contributed by atoms with Crippen molar-refractivity contribution in [2.24, 2.45) is 0 Å². The Morgan fingerprint density at radius 3 is 2.08 bits per heavy atom. The Labute approximate surface area is 149 Å². The SMILES string of the molecule is COc1ccc(-c2cnc(C(F)(F)F)cc2-c2cccc(OC)c2)cc1. The van der Waals surface area contributed by atoms with E-state index in [4.69, 9.17) is 9.47 Å². The van der Waals surface area contributed by atoms with Crippen LogP contribution in [0.15, 0.2) is 60.8 Å². The number of aromatic nitrogens is 1. The molecule has 3 nitrogen and oxygen atoms in total. The molecule has 134 valence electrons. The number of halogens is 3. The highest BCUT2D eigenvalue weighted by Crippen LogP contribution is 2.37. The minimum atomic E-state index is -4.52. The summed E-state index contributed by atoms with van der Waals surface area (Å²) in [6.07, 6.45) is -3.27. The molecule has 6 heteroatoms. The van der Waals surface area contributed by atoms with Gasteiger partial charge in [0.15, 0.2) is 0 Å². The van der Waals surface area contributed by atoms with Crippen LogP contribution in [0.1, 0.15) is 5.69 Å². The lowest BCUT2D eigenvalue weighted by atomic mass is 9.95. The molecule has 0 spiro atoms. The van der Waals surface area contributed by atoms with E-state index in [-0.39, 0.29) is 0 Å². The summed E-state index contributed by atoms with van der Waals surface area (Å²) < 4.78 is 49.8. The summed E-state index contributed by atoms with van der Waals surface area (Å²) in [5.74, 6) is 1.23. The summed E-state index contributed by atoms with van der Waals surface area (Å²) in [7, 11) is 3.06. The zero-order chi connectivity index (χ0) is 18.7. The second-order valence-corrected chi connectivity index (χ2v) is 5.57. The molecule has 0 bridgehead atoms. The Morgan fingerprint density at radius 1 is 0.769 bits per heavy atom. The van der Waals surface area contributed by atoms with Gasteiger partial charge in [0.05, 0.1) is 14.2 Å². The lowest BCUT2D eigenvalue weighted by Crippen LogP contribution is -2.08. The average Bonchev–Trinajstić information content (AvgIpc) is 2.67. The number of hydrogen-bond donors (Lipinski definition) is 0. The first kappa shape index (κ1) is 17.8. The van der Waals surface area contributed by atoms with E-state index in [1.165, 1.54) is 13.3 Å². The Kier molecular flexibility index (Phi) is 4.84. The van der Waals surface area contributed by atoms with Crippen LogP contribution in [0.2, 0.25) is 0 Å². The second kappa shape index (κ2) is 7.07. The predicted octanol–water partition coefficient (Wildman–Crippen LogP) is 5.45. The highest BCUT2D eigenvalue weighted by Gasteiger charge is 2.33. The van der Waals surface area contributed by atoms with Gasteiger partial charge in [0.1, 0.15) is 17.2 Å². The van der Waals surface area contributed by atoms with Crippen molar-refractivity contribution in [3.05, 3.63) is 66.5 Å². The van der Waals surface area contributed by atoms with Gasteiger partial charge in [-0.05, 0) is 47.0 Å². The van der Waals surface area contributed by atoms with Crippen LogP contribution in [0.3, 0.4) is 0 Å². The van der Waals surface area contributed by atoms with Gasteiger partial charge in [0.25, 0.3) is 0 Å². The van der Waals surface area contributed by atoms with Gasteiger partial charge in [-0.15, -0.1) is 0 Å². The zero-order valence-electron chi connectivity index (χ0n) is 14.2. The average molecular weight is 359 g/mol. The Hall–Kier alpha value is -3.02. The maximum absolute atomic E-state index is 13.2. The Morgan fingerprint density at radius 2 is 1.46 bits per heavy atom. The van der Waals surface area contributed by atoms with Crippen LogP contribution in [0.25, 0.3) is 22.3 Å². The molecular weight excluding hydrogens is 343 g/mol. The van der Waals surface area contributed by atoms with Crippen molar-refractivity contribution in [1.82, 2.24) is 4.98 Å². The molecule has 2 aromatic carbocycles. The Bertz CT molecular complexity index is 906. The van der Waals surface area contributed by atoms with Crippen molar-refractivity contribution in [2.45, 2.75) is 6.18 Å². The van der Waals surface area contributed by atoms with Gasteiger partial charge >= 0.3 is 6.18 Å². The lowest BCUT2D eigenvalue weighted by molar-refractivity contribution is -0.141. The van der Waals surface area contributed by atoms with E-state index in [1.54, 1.807) is 55.6 Å². The molecule has 0 saturated heterocycles. The number of pyridine rings is 1. The van der Waals surface area contributed by atoms with Crippen LogP contribution in [0.5, 0.6) is 11.5 Å². The second-order valence-electron chi connectivity index (χ2n) is 5.57. The van der Waals surface area contributed by atoms with Gasteiger partial charge in [0.2, 0.25) is 0 Å². The summed E-state index contributed by atoms with van der Waals surface area (Å²) >= 11 is 0. The van der Waals surface area contributed by atoms with Crippen LogP contribution in [0.4, 0.5) is 13.2 Å². The molecule has 26 heavy (non-hydrogen) atoms.